The van der Waals surface area contributed by atoms with Crippen molar-refractivity contribution in [1.29, 1.82) is 0 Å². The van der Waals surface area contributed by atoms with E-state index in [1.54, 1.807) is 6.20 Å². The lowest BCUT2D eigenvalue weighted by atomic mass is 9.73. The van der Waals surface area contributed by atoms with Crippen LogP contribution in [0.3, 0.4) is 0 Å². The van der Waals surface area contributed by atoms with Crippen LogP contribution in [0.4, 0.5) is 11.4 Å². The molecule has 1 unspecified atom stereocenters. The summed E-state index contributed by atoms with van der Waals surface area (Å²) in [6.07, 6.45) is 6.96. The second-order valence-corrected chi connectivity index (χ2v) is 6.68. The average Bonchev–Trinajstić information content (AvgIpc) is 2.81. The monoisotopic (exact) mass is 294 g/mol. The molecular formula is C18H22N4. The Kier molecular flexibility index (Phi) is 3.08. The van der Waals surface area contributed by atoms with Gasteiger partial charge < -0.3 is 16.4 Å². The first-order valence-corrected chi connectivity index (χ1v) is 7.97. The molecule has 4 N–H and O–H groups in total. The molecule has 1 aliphatic heterocycles. The smallest absolute Gasteiger partial charge is 0.0573 e. The van der Waals surface area contributed by atoms with Crippen molar-refractivity contribution in [3.05, 3.63) is 53.9 Å². The molecule has 4 heteroatoms. The van der Waals surface area contributed by atoms with Gasteiger partial charge in [-0.1, -0.05) is 24.3 Å². The van der Waals surface area contributed by atoms with E-state index >= 15 is 0 Å². The number of aromatic nitrogens is 1. The minimum Gasteiger partial charge on any atom is -0.397 e. The second-order valence-electron chi connectivity index (χ2n) is 6.68. The van der Waals surface area contributed by atoms with Crippen LogP contribution in [0, 0.1) is 5.41 Å². The number of nitrogens with two attached hydrogens (primary N) is 2. The van der Waals surface area contributed by atoms with Crippen LogP contribution in [0.5, 0.6) is 0 Å². The van der Waals surface area contributed by atoms with Crippen molar-refractivity contribution in [1.82, 2.24) is 4.98 Å². The summed E-state index contributed by atoms with van der Waals surface area (Å²) >= 11 is 0. The van der Waals surface area contributed by atoms with Gasteiger partial charge in [0.25, 0.3) is 0 Å². The van der Waals surface area contributed by atoms with Crippen LogP contribution in [0.2, 0.25) is 0 Å². The van der Waals surface area contributed by atoms with Gasteiger partial charge >= 0.3 is 0 Å². The maximum absolute atomic E-state index is 6.61. The van der Waals surface area contributed by atoms with E-state index in [0.29, 0.717) is 0 Å². The molecule has 2 aliphatic rings. The summed E-state index contributed by atoms with van der Waals surface area (Å²) < 4.78 is 0. The van der Waals surface area contributed by atoms with Crippen LogP contribution in [0.1, 0.15) is 30.0 Å². The zero-order valence-corrected chi connectivity index (χ0v) is 12.7. The Morgan fingerprint density at radius 1 is 1.14 bits per heavy atom. The Labute approximate surface area is 131 Å². The maximum Gasteiger partial charge on any atom is 0.0573 e. The summed E-state index contributed by atoms with van der Waals surface area (Å²) in [5.41, 5.74) is 17.3. The van der Waals surface area contributed by atoms with Crippen molar-refractivity contribution in [3.8, 4) is 0 Å². The highest BCUT2D eigenvalue weighted by molar-refractivity contribution is 5.53. The third kappa shape index (κ3) is 2.06. The Bertz CT molecular complexity index is 689. The van der Waals surface area contributed by atoms with E-state index < -0.39 is 0 Å². The van der Waals surface area contributed by atoms with Crippen LogP contribution in [-0.4, -0.2) is 18.1 Å². The summed E-state index contributed by atoms with van der Waals surface area (Å²) in [7, 11) is 0. The lowest BCUT2D eigenvalue weighted by Crippen LogP contribution is -2.44. The quantitative estimate of drug-likeness (QED) is 0.848. The molecule has 1 atom stereocenters. The summed E-state index contributed by atoms with van der Waals surface area (Å²) in [5, 5.41) is 0. The molecule has 0 amide bonds. The first-order chi connectivity index (χ1) is 10.7. The number of piperidine rings is 1. The van der Waals surface area contributed by atoms with Crippen molar-refractivity contribution in [3.63, 3.8) is 0 Å². The Morgan fingerprint density at radius 2 is 1.91 bits per heavy atom. The van der Waals surface area contributed by atoms with Crippen LogP contribution >= 0.6 is 0 Å². The predicted octanol–water partition coefficient (Wildman–Crippen LogP) is 2.51. The first kappa shape index (κ1) is 13.6. The van der Waals surface area contributed by atoms with E-state index in [-0.39, 0.29) is 11.5 Å². The van der Waals surface area contributed by atoms with Gasteiger partial charge in [0.1, 0.15) is 0 Å². The molecule has 1 spiro atoms. The van der Waals surface area contributed by atoms with Gasteiger partial charge in [-0.25, -0.2) is 0 Å². The molecule has 1 aromatic heterocycles. The van der Waals surface area contributed by atoms with Crippen LogP contribution in [-0.2, 0) is 6.42 Å². The average molecular weight is 294 g/mol. The van der Waals surface area contributed by atoms with Gasteiger partial charge in [-0.05, 0) is 41.9 Å². The maximum atomic E-state index is 6.61. The molecule has 1 aromatic carbocycles. The normalized spacial score (nSPS) is 22.8. The summed E-state index contributed by atoms with van der Waals surface area (Å²) in [6, 6.07) is 10.8. The number of rotatable bonds is 1. The minimum absolute atomic E-state index is 0.171. The third-order valence-corrected chi connectivity index (χ3v) is 5.46. The fraction of sp³-hybridized carbons (Fsp3) is 0.389. The number of pyridine rings is 1. The van der Waals surface area contributed by atoms with E-state index in [4.69, 9.17) is 11.5 Å². The number of anilines is 2. The lowest BCUT2D eigenvalue weighted by Gasteiger charge is -2.43. The topological polar surface area (TPSA) is 68.2 Å². The second kappa shape index (κ2) is 4.99. The fourth-order valence-electron chi connectivity index (χ4n) is 4.13. The molecular weight excluding hydrogens is 272 g/mol. The summed E-state index contributed by atoms with van der Waals surface area (Å²) in [5.74, 6) is 0. The number of benzene rings is 1. The molecule has 22 heavy (non-hydrogen) atoms. The van der Waals surface area contributed by atoms with Gasteiger partial charge in [0, 0.05) is 25.3 Å². The molecule has 0 bridgehead atoms. The van der Waals surface area contributed by atoms with E-state index in [0.717, 1.165) is 43.7 Å². The largest absolute Gasteiger partial charge is 0.397 e. The zero-order valence-electron chi connectivity index (χ0n) is 12.7. The standard InChI is InChI=1S/C18H22N4/c19-14-9-15(12-21-11-14)22-7-5-18(6-8-22)10-13-3-1-2-4-16(13)17(18)20/h1-4,9,11-12,17H,5-8,10,19-20H2. The predicted molar refractivity (Wildman–Crippen MR) is 89.6 cm³/mol. The Balaban J connectivity index is 1.53. The molecule has 0 saturated carbocycles. The van der Waals surface area contributed by atoms with Gasteiger partial charge in [0.05, 0.1) is 17.6 Å². The van der Waals surface area contributed by atoms with Gasteiger partial charge in [-0.2, -0.15) is 0 Å². The highest BCUT2D eigenvalue weighted by atomic mass is 15.1. The van der Waals surface area contributed by atoms with Crippen LogP contribution < -0.4 is 16.4 Å². The van der Waals surface area contributed by atoms with E-state index in [9.17, 15) is 0 Å². The third-order valence-electron chi connectivity index (χ3n) is 5.46. The number of hydrogen-bond acceptors (Lipinski definition) is 4. The molecule has 4 nitrogen and oxygen atoms in total. The molecule has 2 heterocycles. The molecule has 4 rings (SSSR count). The number of fused-ring (bicyclic) bond motifs is 1. The summed E-state index contributed by atoms with van der Waals surface area (Å²) in [4.78, 5) is 6.58. The van der Waals surface area contributed by atoms with Gasteiger partial charge in [-0.3, -0.25) is 4.98 Å². The number of nitrogen functional groups attached to an aromatic ring is 1. The van der Waals surface area contributed by atoms with Crippen LogP contribution in [0.15, 0.2) is 42.7 Å². The van der Waals surface area contributed by atoms with Crippen molar-refractivity contribution in [2.75, 3.05) is 23.7 Å². The molecule has 1 saturated heterocycles. The molecule has 1 fully saturated rings. The van der Waals surface area contributed by atoms with Crippen molar-refractivity contribution < 1.29 is 0 Å². The lowest BCUT2D eigenvalue weighted by molar-refractivity contribution is 0.187. The number of nitrogens with zero attached hydrogens (tertiary/aromatic N) is 2. The Hall–Kier alpha value is -2.07. The Morgan fingerprint density at radius 3 is 2.64 bits per heavy atom. The van der Waals surface area contributed by atoms with E-state index in [1.807, 2.05) is 12.3 Å². The number of hydrogen-bond donors (Lipinski definition) is 2. The molecule has 114 valence electrons. The highest BCUT2D eigenvalue weighted by Crippen LogP contribution is 2.50. The molecule has 1 aliphatic carbocycles. The van der Waals surface area contributed by atoms with Crippen molar-refractivity contribution in [2.45, 2.75) is 25.3 Å². The van der Waals surface area contributed by atoms with Gasteiger partial charge in [0.2, 0.25) is 0 Å². The SMILES string of the molecule is Nc1cncc(N2CCC3(CC2)Cc2ccccc2C3N)c1. The molecule has 0 radical (unpaired) electrons. The zero-order chi connectivity index (χ0) is 15.2. The summed E-state index contributed by atoms with van der Waals surface area (Å²) in [6.45, 7) is 2.04. The first-order valence-electron chi connectivity index (χ1n) is 7.97. The minimum atomic E-state index is 0.171. The highest BCUT2D eigenvalue weighted by Gasteiger charge is 2.45. The fourth-order valence-corrected chi connectivity index (χ4v) is 4.13. The van der Waals surface area contributed by atoms with Crippen molar-refractivity contribution >= 4 is 11.4 Å². The van der Waals surface area contributed by atoms with E-state index in [1.165, 1.54) is 11.1 Å². The van der Waals surface area contributed by atoms with Crippen molar-refractivity contribution in [2.24, 2.45) is 11.1 Å². The van der Waals surface area contributed by atoms with Gasteiger partial charge in [-0.15, -0.1) is 0 Å². The van der Waals surface area contributed by atoms with Gasteiger partial charge in [0.15, 0.2) is 0 Å². The van der Waals surface area contributed by atoms with Crippen LogP contribution in [0.25, 0.3) is 0 Å². The molecule has 2 aromatic rings. The van der Waals surface area contributed by atoms with E-state index in [2.05, 4.69) is 34.1 Å².